The van der Waals surface area contributed by atoms with Crippen LogP contribution < -0.4 is 10.5 Å². The van der Waals surface area contributed by atoms with Gasteiger partial charge in [0.05, 0.1) is 18.8 Å². The van der Waals surface area contributed by atoms with Crippen LogP contribution in [-0.2, 0) is 19.6 Å². The summed E-state index contributed by atoms with van der Waals surface area (Å²) in [5.74, 6) is 0.00936. The second kappa shape index (κ2) is 7.18. The molecule has 1 rings (SSSR count). The Labute approximate surface area is 114 Å². The number of methoxy groups -OCH3 is 1. The van der Waals surface area contributed by atoms with Crippen LogP contribution in [-0.4, -0.2) is 64.4 Å². The monoisotopic (exact) mass is 293 g/mol. The Morgan fingerprint density at radius 3 is 2.47 bits per heavy atom. The fourth-order valence-electron chi connectivity index (χ4n) is 2.14. The summed E-state index contributed by atoms with van der Waals surface area (Å²) in [5, 5.41) is 0. The van der Waals surface area contributed by atoms with Crippen LogP contribution in [0.25, 0.3) is 0 Å². The third kappa shape index (κ3) is 5.85. The number of amides is 1. The minimum atomic E-state index is -3.18. The molecule has 8 heteroatoms. The Hall–Kier alpha value is -0.700. The van der Waals surface area contributed by atoms with Gasteiger partial charge in [0.2, 0.25) is 15.9 Å². The van der Waals surface area contributed by atoms with Crippen molar-refractivity contribution < 1.29 is 17.9 Å². The van der Waals surface area contributed by atoms with Gasteiger partial charge in [-0.25, -0.2) is 13.1 Å². The summed E-state index contributed by atoms with van der Waals surface area (Å²) in [6, 6.07) is -0.0771. The Balaban J connectivity index is 2.39. The Bertz CT molecular complexity index is 387. The quantitative estimate of drug-likeness (QED) is 0.646. The van der Waals surface area contributed by atoms with E-state index in [1.54, 1.807) is 4.90 Å². The highest BCUT2D eigenvalue weighted by molar-refractivity contribution is 7.88. The van der Waals surface area contributed by atoms with Crippen molar-refractivity contribution in [2.75, 3.05) is 33.0 Å². The SMILES string of the molecule is COC(CN)CC(=O)N1CCC(NS(C)(=O)=O)CC1. The molecule has 1 saturated heterocycles. The maximum Gasteiger partial charge on any atom is 0.225 e. The summed E-state index contributed by atoms with van der Waals surface area (Å²) in [4.78, 5) is 13.7. The minimum Gasteiger partial charge on any atom is -0.380 e. The fraction of sp³-hybridized carbons (Fsp3) is 0.909. The first-order valence-corrected chi connectivity index (χ1v) is 8.22. The molecule has 19 heavy (non-hydrogen) atoms. The van der Waals surface area contributed by atoms with E-state index in [0.717, 1.165) is 6.26 Å². The topological polar surface area (TPSA) is 102 Å². The molecule has 1 fully saturated rings. The van der Waals surface area contributed by atoms with E-state index in [4.69, 9.17) is 10.5 Å². The molecular formula is C11H23N3O4S. The molecule has 1 aliphatic rings. The number of piperidine rings is 1. The molecule has 0 aliphatic carbocycles. The van der Waals surface area contributed by atoms with Crippen molar-refractivity contribution in [2.24, 2.45) is 5.73 Å². The first-order valence-electron chi connectivity index (χ1n) is 6.33. The Morgan fingerprint density at radius 1 is 1.47 bits per heavy atom. The molecule has 1 aliphatic heterocycles. The van der Waals surface area contributed by atoms with Crippen LogP contribution in [0.5, 0.6) is 0 Å². The standard InChI is InChI=1S/C11H23N3O4S/c1-18-10(8-12)7-11(15)14-5-3-9(4-6-14)13-19(2,16)17/h9-10,13H,3-8,12H2,1-2H3. The van der Waals surface area contributed by atoms with E-state index < -0.39 is 10.0 Å². The van der Waals surface area contributed by atoms with Gasteiger partial charge in [0.25, 0.3) is 0 Å². The van der Waals surface area contributed by atoms with Crippen LogP contribution in [0.15, 0.2) is 0 Å². The first-order chi connectivity index (χ1) is 8.85. The molecule has 7 nitrogen and oxygen atoms in total. The molecule has 0 aromatic carbocycles. The number of carbonyl (C=O) groups is 1. The number of nitrogens with one attached hydrogen (secondary N) is 1. The maximum atomic E-state index is 12.0. The van der Waals surface area contributed by atoms with E-state index in [0.29, 0.717) is 32.5 Å². The van der Waals surface area contributed by atoms with E-state index in [9.17, 15) is 13.2 Å². The Kier molecular flexibility index (Phi) is 6.18. The molecule has 1 heterocycles. The number of sulfonamides is 1. The predicted molar refractivity (Wildman–Crippen MR) is 72.0 cm³/mol. The summed E-state index contributed by atoms with van der Waals surface area (Å²) >= 11 is 0. The van der Waals surface area contributed by atoms with Crippen LogP contribution in [0.3, 0.4) is 0 Å². The zero-order chi connectivity index (χ0) is 14.5. The fourth-order valence-corrected chi connectivity index (χ4v) is 2.98. The van der Waals surface area contributed by atoms with Crippen molar-refractivity contribution in [1.29, 1.82) is 0 Å². The van der Waals surface area contributed by atoms with Gasteiger partial charge >= 0.3 is 0 Å². The molecule has 1 unspecified atom stereocenters. The molecule has 0 spiro atoms. The number of hydrogen-bond donors (Lipinski definition) is 2. The summed E-state index contributed by atoms with van der Waals surface area (Å²) in [5.41, 5.74) is 5.48. The van der Waals surface area contributed by atoms with Gasteiger partial charge in [-0.2, -0.15) is 0 Å². The number of ether oxygens (including phenoxy) is 1. The van der Waals surface area contributed by atoms with Crippen LogP contribution in [0, 0.1) is 0 Å². The highest BCUT2D eigenvalue weighted by Crippen LogP contribution is 2.13. The molecule has 1 atom stereocenters. The predicted octanol–water partition coefficient (Wildman–Crippen LogP) is -1.11. The van der Waals surface area contributed by atoms with Gasteiger partial charge in [-0.15, -0.1) is 0 Å². The lowest BCUT2D eigenvalue weighted by Gasteiger charge is -2.32. The summed E-state index contributed by atoms with van der Waals surface area (Å²) in [6.45, 7) is 1.44. The van der Waals surface area contributed by atoms with E-state index in [1.807, 2.05) is 0 Å². The van der Waals surface area contributed by atoms with Crippen LogP contribution in [0.1, 0.15) is 19.3 Å². The van der Waals surface area contributed by atoms with E-state index in [1.165, 1.54) is 7.11 Å². The zero-order valence-electron chi connectivity index (χ0n) is 11.5. The normalized spacial score (nSPS) is 19.4. The average Bonchev–Trinajstić information content (AvgIpc) is 2.34. The van der Waals surface area contributed by atoms with Crippen LogP contribution >= 0.6 is 0 Å². The molecule has 3 N–H and O–H groups in total. The van der Waals surface area contributed by atoms with Gasteiger partial charge in [-0.05, 0) is 12.8 Å². The largest absolute Gasteiger partial charge is 0.380 e. The van der Waals surface area contributed by atoms with E-state index >= 15 is 0 Å². The number of rotatable bonds is 6. The number of hydrogen-bond acceptors (Lipinski definition) is 5. The number of likely N-dealkylation sites (tertiary alicyclic amines) is 1. The molecule has 1 amide bonds. The summed E-state index contributed by atoms with van der Waals surface area (Å²) in [6.07, 6.45) is 2.45. The highest BCUT2D eigenvalue weighted by Gasteiger charge is 2.25. The molecule has 0 aromatic rings. The molecule has 112 valence electrons. The number of carbonyl (C=O) groups excluding carboxylic acids is 1. The van der Waals surface area contributed by atoms with E-state index in [2.05, 4.69) is 4.72 Å². The number of nitrogens with zero attached hydrogens (tertiary/aromatic N) is 1. The highest BCUT2D eigenvalue weighted by atomic mass is 32.2. The second-order valence-electron chi connectivity index (χ2n) is 4.84. The van der Waals surface area contributed by atoms with Crippen molar-refractivity contribution in [2.45, 2.75) is 31.4 Å². The van der Waals surface area contributed by atoms with E-state index in [-0.39, 0.29) is 24.5 Å². The van der Waals surface area contributed by atoms with Gasteiger partial charge in [0.1, 0.15) is 0 Å². The molecular weight excluding hydrogens is 270 g/mol. The zero-order valence-corrected chi connectivity index (χ0v) is 12.3. The lowest BCUT2D eigenvalue weighted by atomic mass is 10.1. The first kappa shape index (κ1) is 16.4. The number of nitrogens with two attached hydrogens (primary N) is 1. The average molecular weight is 293 g/mol. The molecule has 0 aromatic heterocycles. The van der Waals surface area contributed by atoms with Crippen molar-refractivity contribution >= 4 is 15.9 Å². The second-order valence-corrected chi connectivity index (χ2v) is 6.62. The van der Waals surface area contributed by atoms with Gasteiger partial charge in [0.15, 0.2) is 0 Å². The van der Waals surface area contributed by atoms with Crippen molar-refractivity contribution in [1.82, 2.24) is 9.62 Å². The maximum absolute atomic E-state index is 12.0. The summed E-state index contributed by atoms with van der Waals surface area (Å²) < 4.78 is 29.9. The Morgan fingerprint density at radius 2 is 2.05 bits per heavy atom. The van der Waals surface area contributed by atoms with Gasteiger partial charge in [-0.1, -0.05) is 0 Å². The van der Waals surface area contributed by atoms with Gasteiger partial charge in [-0.3, -0.25) is 4.79 Å². The van der Waals surface area contributed by atoms with Crippen LogP contribution in [0.4, 0.5) is 0 Å². The third-order valence-electron chi connectivity index (χ3n) is 3.23. The van der Waals surface area contributed by atoms with Gasteiger partial charge < -0.3 is 15.4 Å². The smallest absolute Gasteiger partial charge is 0.225 e. The van der Waals surface area contributed by atoms with Crippen molar-refractivity contribution in [3.8, 4) is 0 Å². The van der Waals surface area contributed by atoms with Crippen molar-refractivity contribution in [3.63, 3.8) is 0 Å². The molecule has 0 bridgehead atoms. The molecule has 0 saturated carbocycles. The van der Waals surface area contributed by atoms with Crippen LogP contribution in [0.2, 0.25) is 0 Å². The van der Waals surface area contributed by atoms with Crippen molar-refractivity contribution in [3.05, 3.63) is 0 Å². The van der Waals surface area contributed by atoms with Gasteiger partial charge in [0, 0.05) is 32.8 Å². The lowest BCUT2D eigenvalue weighted by molar-refractivity contribution is -0.134. The minimum absolute atomic E-state index is 0.00936. The lowest BCUT2D eigenvalue weighted by Crippen LogP contribution is -2.47. The summed E-state index contributed by atoms with van der Waals surface area (Å²) in [7, 11) is -1.64. The third-order valence-corrected chi connectivity index (χ3v) is 3.99. The molecule has 0 radical (unpaired) electrons.